The average Bonchev–Trinajstić information content (AvgIpc) is 2.28. The Morgan fingerprint density at radius 2 is 1.94 bits per heavy atom. The third kappa shape index (κ3) is 4.75. The van der Waals surface area contributed by atoms with Crippen LogP contribution in [0, 0.1) is 13.8 Å². The number of nitrogens with one attached hydrogen (secondary N) is 2. The molecule has 0 aliphatic carbocycles. The first-order valence-electron chi connectivity index (χ1n) is 5.72. The van der Waals surface area contributed by atoms with Crippen molar-refractivity contribution in [3.05, 3.63) is 34.9 Å². The van der Waals surface area contributed by atoms with E-state index in [1.165, 1.54) is 0 Å². The molecule has 3 nitrogen and oxygen atoms in total. The zero-order valence-corrected chi connectivity index (χ0v) is 11.5. The third-order valence-electron chi connectivity index (χ3n) is 2.69. The van der Waals surface area contributed by atoms with E-state index in [0.717, 1.165) is 29.8 Å². The minimum absolute atomic E-state index is 0. The molecule has 0 atom stereocenters. The summed E-state index contributed by atoms with van der Waals surface area (Å²) in [5.74, 6) is 0.0131. The Balaban J connectivity index is 0.00000256. The van der Waals surface area contributed by atoms with Gasteiger partial charge in [-0.15, -0.1) is 12.4 Å². The number of carbonyl (C=O) groups excluding carboxylic acids is 1. The lowest BCUT2D eigenvalue weighted by Crippen LogP contribution is -2.32. The fourth-order valence-electron chi connectivity index (χ4n) is 1.53. The largest absolute Gasteiger partial charge is 0.351 e. The highest BCUT2D eigenvalue weighted by atomic mass is 35.5. The van der Waals surface area contributed by atoms with Crippen LogP contribution in [-0.4, -0.2) is 25.5 Å². The summed E-state index contributed by atoms with van der Waals surface area (Å²) in [7, 11) is 0. The maximum atomic E-state index is 11.8. The second kappa shape index (κ2) is 8.09. The molecule has 1 amide bonds. The monoisotopic (exact) mass is 256 g/mol. The fourth-order valence-corrected chi connectivity index (χ4v) is 1.53. The van der Waals surface area contributed by atoms with Gasteiger partial charge in [0, 0.05) is 18.7 Å². The van der Waals surface area contributed by atoms with E-state index < -0.39 is 0 Å². The van der Waals surface area contributed by atoms with E-state index in [1.54, 1.807) is 0 Å². The summed E-state index contributed by atoms with van der Waals surface area (Å²) in [6.45, 7) is 8.46. The minimum Gasteiger partial charge on any atom is -0.351 e. The predicted molar refractivity (Wildman–Crippen MR) is 74.0 cm³/mol. The molecule has 1 aromatic carbocycles. The van der Waals surface area contributed by atoms with Crippen LogP contribution in [0.4, 0.5) is 0 Å². The summed E-state index contributed by atoms with van der Waals surface area (Å²) in [4.78, 5) is 11.8. The summed E-state index contributed by atoms with van der Waals surface area (Å²) in [6.07, 6.45) is 0. The molecule has 96 valence electrons. The van der Waals surface area contributed by atoms with E-state index in [9.17, 15) is 4.79 Å². The Kier molecular flexibility index (Phi) is 7.59. The van der Waals surface area contributed by atoms with Gasteiger partial charge in [0.2, 0.25) is 0 Å². The van der Waals surface area contributed by atoms with Gasteiger partial charge >= 0.3 is 0 Å². The standard InChI is InChI=1S/C13H20N2O.ClH/c1-4-14-8-9-15-13(16)12-7-5-6-10(2)11(12)3;/h5-7,14H,4,8-9H2,1-3H3,(H,15,16);1H. The smallest absolute Gasteiger partial charge is 0.251 e. The van der Waals surface area contributed by atoms with Crippen LogP contribution in [-0.2, 0) is 0 Å². The Labute approximate surface area is 109 Å². The lowest BCUT2D eigenvalue weighted by Gasteiger charge is -2.09. The maximum Gasteiger partial charge on any atom is 0.251 e. The number of aryl methyl sites for hydroxylation is 1. The summed E-state index contributed by atoms with van der Waals surface area (Å²) in [5.41, 5.74) is 2.99. The molecule has 1 aromatic rings. The molecule has 0 saturated heterocycles. The Bertz CT molecular complexity index is 366. The fraction of sp³-hybridized carbons (Fsp3) is 0.462. The normalized spacial score (nSPS) is 9.59. The molecule has 0 spiro atoms. The second-order valence-electron chi connectivity index (χ2n) is 3.86. The van der Waals surface area contributed by atoms with Gasteiger partial charge in [-0.1, -0.05) is 19.1 Å². The lowest BCUT2D eigenvalue weighted by atomic mass is 10.0. The van der Waals surface area contributed by atoms with Crippen molar-refractivity contribution in [2.24, 2.45) is 0 Å². The number of hydrogen-bond donors (Lipinski definition) is 2. The van der Waals surface area contributed by atoms with Crippen molar-refractivity contribution in [3.8, 4) is 0 Å². The highest BCUT2D eigenvalue weighted by molar-refractivity contribution is 5.95. The molecular weight excluding hydrogens is 236 g/mol. The summed E-state index contributed by atoms with van der Waals surface area (Å²) < 4.78 is 0. The molecule has 0 aliphatic heterocycles. The number of rotatable bonds is 5. The van der Waals surface area contributed by atoms with Gasteiger partial charge in [0.15, 0.2) is 0 Å². The van der Waals surface area contributed by atoms with Crippen LogP contribution in [0.2, 0.25) is 0 Å². The molecule has 17 heavy (non-hydrogen) atoms. The van der Waals surface area contributed by atoms with Crippen LogP contribution < -0.4 is 10.6 Å². The summed E-state index contributed by atoms with van der Waals surface area (Å²) >= 11 is 0. The maximum absolute atomic E-state index is 11.8. The molecule has 0 radical (unpaired) electrons. The first-order chi connectivity index (χ1) is 7.66. The molecule has 0 aliphatic rings. The van der Waals surface area contributed by atoms with Crippen molar-refractivity contribution in [2.45, 2.75) is 20.8 Å². The van der Waals surface area contributed by atoms with E-state index in [4.69, 9.17) is 0 Å². The van der Waals surface area contributed by atoms with Crippen LogP contribution in [0.25, 0.3) is 0 Å². The summed E-state index contributed by atoms with van der Waals surface area (Å²) in [6, 6.07) is 5.80. The van der Waals surface area contributed by atoms with Gasteiger partial charge in [0.05, 0.1) is 0 Å². The van der Waals surface area contributed by atoms with Crippen LogP contribution in [0.15, 0.2) is 18.2 Å². The molecule has 2 N–H and O–H groups in total. The number of amides is 1. The Morgan fingerprint density at radius 3 is 2.59 bits per heavy atom. The van der Waals surface area contributed by atoms with Crippen molar-refractivity contribution >= 4 is 18.3 Å². The third-order valence-corrected chi connectivity index (χ3v) is 2.69. The van der Waals surface area contributed by atoms with Crippen LogP contribution in [0.1, 0.15) is 28.4 Å². The molecule has 0 fully saturated rings. The number of likely N-dealkylation sites (N-methyl/N-ethyl adjacent to an activating group) is 1. The van der Waals surface area contributed by atoms with Gasteiger partial charge in [-0.05, 0) is 37.6 Å². The predicted octanol–water partition coefficient (Wildman–Crippen LogP) is 2.06. The van der Waals surface area contributed by atoms with Crippen molar-refractivity contribution in [3.63, 3.8) is 0 Å². The number of hydrogen-bond acceptors (Lipinski definition) is 2. The van der Waals surface area contributed by atoms with E-state index in [0.29, 0.717) is 6.54 Å². The number of halogens is 1. The van der Waals surface area contributed by atoms with E-state index >= 15 is 0 Å². The first-order valence-corrected chi connectivity index (χ1v) is 5.72. The zero-order valence-electron chi connectivity index (χ0n) is 10.7. The van der Waals surface area contributed by atoms with Crippen molar-refractivity contribution in [2.75, 3.05) is 19.6 Å². The van der Waals surface area contributed by atoms with Crippen molar-refractivity contribution in [1.29, 1.82) is 0 Å². The van der Waals surface area contributed by atoms with Crippen LogP contribution in [0.3, 0.4) is 0 Å². The van der Waals surface area contributed by atoms with Crippen molar-refractivity contribution in [1.82, 2.24) is 10.6 Å². The molecule has 4 heteroatoms. The van der Waals surface area contributed by atoms with E-state index in [1.807, 2.05) is 39.0 Å². The Hall–Kier alpha value is -1.06. The second-order valence-corrected chi connectivity index (χ2v) is 3.86. The highest BCUT2D eigenvalue weighted by Gasteiger charge is 2.08. The van der Waals surface area contributed by atoms with Gasteiger partial charge in [0.25, 0.3) is 5.91 Å². The quantitative estimate of drug-likeness (QED) is 0.792. The average molecular weight is 257 g/mol. The van der Waals surface area contributed by atoms with Gasteiger partial charge in [0.1, 0.15) is 0 Å². The zero-order chi connectivity index (χ0) is 12.0. The van der Waals surface area contributed by atoms with Crippen LogP contribution in [0.5, 0.6) is 0 Å². The molecule has 1 rings (SSSR count). The lowest BCUT2D eigenvalue weighted by molar-refractivity contribution is 0.0953. The molecule has 0 bridgehead atoms. The molecule has 0 heterocycles. The van der Waals surface area contributed by atoms with Crippen LogP contribution >= 0.6 is 12.4 Å². The molecule has 0 saturated carbocycles. The van der Waals surface area contributed by atoms with Gasteiger partial charge in [-0.3, -0.25) is 4.79 Å². The topological polar surface area (TPSA) is 41.1 Å². The van der Waals surface area contributed by atoms with Crippen molar-refractivity contribution < 1.29 is 4.79 Å². The van der Waals surface area contributed by atoms with E-state index in [-0.39, 0.29) is 18.3 Å². The SMILES string of the molecule is CCNCCNC(=O)c1cccc(C)c1C.Cl. The number of benzene rings is 1. The number of carbonyl (C=O) groups is 1. The Morgan fingerprint density at radius 1 is 1.24 bits per heavy atom. The molecule has 0 unspecified atom stereocenters. The van der Waals surface area contributed by atoms with E-state index in [2.05, 4.69) is 10.6 Å². The summed E-state index contributed by atoms with van der Waals surface area (Å²) in [5, 5.41) is 6.07. The van der Waals surface area contributed by atoms with Gasteiger partial charge in [-0.2, -0.15) is 0 Å². The van der Waals surface area contributed by atoms with Gasteiger partial charge in [-0.25, -0.2) is 0 Å². The van der Waals surface area contributed by atoms with Gasteiger partial charge < -0.3 is 10.6 Å². The minimum atomic E-state index is 0. The first kappa shape index (κ1) is 15.9. The highest BCUT2D eigenvalue weighted by Crippen LogP contribution is 2.12. The molecule has 0 aromatic heterocycles. The molecular formula is C13H21ClN2O.